The van der Waals surface area contributed by atoms with E-state index in [0.717, 1.165) is 17.3 Å². The topological polar surface area (TPSA) is 134 Å². The number of nitrogens with one attached hydrogen (secondary N) is 1. The highest BCUT2D eigenvalue weighted by Crippen LogP contribution is 2.44. The first-order valence-corrected chi connectivity index (χ1v) is 14.3. The molecule has 0 unspecified atom stereocenters. The van der Waals surface area contributed by atoms with E-state index in [1.54, 1.807) is 49.0 Å². The number of hydrogen-bond donors (Lipinski definition) is 2. The number of aryl methyl sites for hydroxylation is 3. The molecule has 0 bridgehead atoms. The fraction of sp³-hybridized carbons (Fsp3) is 0.200. The number of fused-ring (bicyclic) bond motifs is 2. The molecule has 0 aliphatic heterocycles. The van der Waals surface area contributed by atoms with E-state index in [2.05, 4.69) is 20.5 Å². The summed E-state index contributed by atoms with van der Waals surface area (Å²) in [5.74, 6) is -1.53. The Morgan fingerprint density at radius 2 is 1.82 bits per heavy atom. The molecule has 0 saturated carbocycles. The zero-order chi connectivity index (χ0) is 31.5. The summed E-state index contributed by atoms with van der Waals surface area (Å²) in [4.78, 5) is 35.1. The maximum Gasteiger partial charge on any atom is 0.433 e. The number of para-hydroxylation sites is 1. The summed E-state index contributed by atoms with van der Waals surface area (Å²) in [5.41, 5.74) is 8.35. The Morgan fingerprint density at radius 1 is 1.07 bits per heavy atom. The number of anilines is 1. The number of nitrogens with zero attached hydrogens (tertiary/aromatic N) is 6. The first kappa shape index (κ1) is 29.0. The molecule has 0 aliphatic rings. The number of benzene rings is 1. The number of carbonyl (C=O) groups is 2. The van der Waals surface area contributed by atoms with Crippen LogP contribution in [0.1, 0.15) is 44.0 Å². The lowest BCUT2D eigenvalue weighted by atomic mass is 10.0. The predicted molar refractivity (Wildman–Crippen MR) is 161 cm³/mol. The number of thiophene rings is 1. The number of halogens is 3. The molecule has 3 N–H and O–H groups in total. The average molecular weight is 619 g/mol. The van der Waals surface area contributed by atoms with Gasteiger partial charge in [0.25, 0.3) is 11.8 Å². The van der Waals surface area contributed by atoms with Crippen molar-refractivity contribution in [3.8, 4) is 22.4 Å². The number of amides is 2. The van der Waals surface area contributed by atoms with E-state index in [0.29, 0.717) is 45.7 Å². The molecule has 0 radical (unpaired) electrons. The van der Waals surface area contributed by atoms with E-state index >= 15 is 0 Å². The van der Waals surface area contributed by atoms with Gasteiger partial charge in [-0.3, -0.25) is 19.0 Å². The molecule has 224 valence electrons. The van der Waals surface area contributed by atoms with Gasteiger partial charge < -0.3 is 11.1 Å². The quantitative estimate of drug-likeness (QED) is 0.231. The second-order valence-corrected chi connectivity index (χ2v) is 11.2. The van der Waals surface area contributed by atoms with Gasteiger partial charge in [-0.15, -0.1) is 11.3 Å². The van der Waals surface area contributed by atoms with Gasteiger partial charge in [-0.1, -0.05) is 18.2 Å². The number of primary amides is 1. The van der Waals surface area contributed by atoms with Gasteiger partial charge in [0.1, 0.15) is 15.4 Å². The number of nitrogens with two attached hydrogens (primary N) is 1. The number of hydrogen-bond acceptors (Lipinski definition) is 7. The van der Waals surface area contributed by atoms with E-state index in [4.69, 9.17) is 10.7 Å². The Morgan fingerprint density at radius 3 is 2.45 bits per heavy atom. The third kappa shape index (κ3) is 4.86. The fourth-order valence-electron chi connectivity index (χ4n) is 5.13. The van der Waals surface area contributed by atoms with E-state index in [1.165, 1.54) is 10.9 Å². The van der Waals surface area contributed by atoms with Crippen molar-refractivity contribution in [2.75, 3.05) is 5.32 Å². The zero-order valence-corrected chi connectivity index (χ0v) is 24.8. The van der Waals surface area contributed by atoms with Gasteiger partial charge >= 0.3 is 6.18 Å². The second-order valence-electron chi connectivity index (χ2n) is 10.2. The van der Waals surface area contributed by atoms with Crippen molar-refractivity contribution in [1.29, 1.82) is 0 Å². The van der Waals surface area contributed by atoms with Gasteiger partial charge in [0.15, 0.2) is 0 Å². The molecule has 10 nitrogen and oxygen atoms in total. The monoisotopic (exact) mass is 618 g/mol. The van der Waals surface area contributed by atoms with Crippen molar-refractivity contribution in [2.24, 2.45) is 12.8 Å². The van der Waals surface area contributed by atoms with Crippen LogP contribution in [0.4, 0.5) is 18.9 Å². The molecule has 0 spiro atoms. The molecule has 2 amide bonds. The minimum atomic E-state index is -4.77. The van der Waals surface area contributed by atoms with Crippen molar-refractivity contribution in [1.82, 2.24) is 29.5 Å². The van der Waals surface area contributed by atoms with E-state index in [-0.39, 0.29) is 31.9 Å². The molecule has 0 atom stereocenters. The van der Waals surface area contributed by atoms with Crippen molar-refractivity contribution >= 4 is 50.0 Å². The van der Waals surface area contributed by atoms with Crippen LogP contribution >= 0.6 is 11.3 Å². The first-order valence-electron chi connectivity index (χ1n) is 13.5. The maximum absolute atomic E-state index is 14.1. The van der Waals surface area contributed by atoms with Crippen LogP contribution < -0.4 is 11.1 Å². The van der Waals surface area contributed by atoms with Gasteiger partial charge in [-0.2, -0.15) is 23.4 Å². The smallest absolute Gasteiger partial charge is 0.365 e. The molecule has 6 aromatic rings. The molecule has 1 aromatic carbocycles. The van der Waals surface area contributed by atoms with E-state index < -0.39 is 23.7 Å². The second kappa shape index (κ2) is 10.6. The van der Waals surface area contributed by atoms with Crippen molar-refractivity contribution < 1.29 is 22.8 Å². The van der Waals surface area contributed by atoms with Gasteiger partial charge in [0.2, 0.25) is 0 Å². The Hall–Kier alpha value is -5.11. The third-order valence-electron chi connectivity index (χ3n) is 7.45. The van der Waals surface area contributed by atoms with Gasteiger partial charge in [0.05, 0.1) is 34.4 Å². The predicted octanol–water partition coefficient (Wildman–Crippen LogP) is 6.12. The lowest BCUT2D eigenvalue weighted by molar-refractivity contribution is -0.140. The Labute approximate surface area is 252 Å². The summed E-state index contributed by atoms with van der Waals surface area (Å²) in [6.07, 6.45) is -1.49. The molecule has 0 aliphatic carbocycles. The molecule has 6 rings (SSSR count). The lowest BCUT2D eigenvalue weighted by Gasteiger charge is -2.13. The maximum atomic E-state index is 14.1. The summed E-state index contributed by atoms with van der Waals surface area (Å²) in [7, 11) is 1.66. The largest absolute Gasteiger partial charge is 0.433 e. The summed E-state index contributed by atoms with van der Waals surface area (Å²) in [5, 5.41) is 12.2. The van der Waals surface area contributed by atoms with Crippen LogP contribution in [0.15, 0.2) is 48.8 Å². The number of aromatic nitrogens is 6. The van der Waals surface area contributed by atoms with Crippen LogP contribution in [0.25, 0.3) is 43.5 Å². The zero-order valence-electron chi connectivity index (χ0n) is 23.9. The summed E-state index contributed by atoms with van der Waals surface area (Å²) >= 11 is 0.681. The number of alkyl halides is 3. The number of pyridine rings is 2. The van der Waals surface area contributed by atoms with Crippen LogP contribution in [0.2, 0.25) is 0 Å². The standard InChI is InChI=1S/C30H25F3N8O2S/c1-5-41-13-20(14(2)39-41)22-10-18(16-8-6-7-9-21(16)36-22)28(43)38-25-24-17(19-12-35-40(4)15(19)3)11-23(30(31,32)33)37-29(24)44-26(25)27(34)42/h6-13H,5H2,1-4H3,(H2,34,42)(H,38,43). The van der Waals surface area contributed by atoms with Gasteiger partial charge in [-0.25, -0.2) is 9.97 Å². The summed E-state index contributed by atoms with van der Waals surface area (Å²) < 4.78 is 45.1. The lowest BCUT2D eigenvalue weighted by Crippen LogP contribution is -2.17. The van der Waals surface area contributed by atoms with Crippen molar-refractivity contribution in [2.45, 2.75) is 33.5 Å². The van der Waals surface area contributed by atoms with Crippen LogP contribution in [0, 0.1) is 13.8 Å². The third-order valence-corrected chi connectivity index (χ3v) is 8.55. The molecule has 0 fully saturated rings. The Bertz CT molecular complexity index is 2130. The van der Waals surface area contributed by atoms with E-state index in [1.807, 2.05) is 20.0 Å². The first-order chi connectivity index (χ1) is 20.9. The molecular formula is C30H25F3N8O2S. The van der Waals surface area contributed by atoms with E-state index in [9.17, 15) is 22.8 Å². The van der Waals surface area contributed by atoms with Crippen LogP contribution in [-0.4, -0.2) is 41.3 Å². The van der Waals surface area contributed by atoms with Crippen LogP contribution in [0.3, 0.4) is 0 Å². The number of carbonyl (C=O) groups excluding carboxylic acids is 2. The summed E-state index contributed by atoms with van der Waals surface area (Å²) in [6.45, 7) is 6.15. The SMILES string of the molecule is CCn1cc(-c2cc(C(=O)Nc3c(C(N)=O)sc4nc(C(F)(F)F)cc(-c5cnn(C)c5C)c34)c3ccccc3n2)c(C)n1. The normalized spacial score (nSPS) is 11.9. The van der Waals surface area contributed by atoms with Crippen molar-refractivity contribution in [3.05, 3.63) is 76.3 Å². The van der Waals surface area contributed by atoms with Crippen LogP contribution in [-0.2, 0) is 19.8 Å². The molecule has 5 heterocycles. The molecular weight excluding hydrogens is 593 g/mol. The van der Waals surface area contributed by atoms with Crippen LogP contribution in [0.5, 0.6) is 0 Å². The summed E-state index contributed by atoms with van der Waals surface area (Å²) in [6, 6.07) is 9.61. The minimum Gasteiger partial charge on any atom is -0.365 e. The Balaban J connectivity index is 1.57. The Kier molecular flexibility index (Phi) is 6.95. The highest BCUT2D eigenvalue weighted by atomic mass is 32.1. The average Bonchev–Trinajstić information content (AvgIpc) is 3.66. The fourth-order valence-corrected chi connectivity index (χ4v) is 6.13. The van der Waals surface area contributed by atoms with Gasteiger partial charge in [0, 0.05) is 47.4 Å². The van der Waals surface area contributed by atoms with Crippen molar-refractivity contribution in [3.63, 3.8) is 0 Å². The van der Waals surface area contributed by atoms with Gasteiger partial charge in [-0.05, 0) is 44.5 Å². The molecule has 14 heteroatoms. The molecule has 44 heavy (non-hydrogen) atoms. The molecule has 0 saturated heterocycles. The minimum absolute atomic E-state index is 0.0283. The molecule has 5 aromatic heterocycles. The number of rotatable bonds is 6. The highest BCUT2D eigenvalue weighted by Gasteiger charge is 2.35. The highest BCUT2D eigenvalue weighted by molar-refractivity contribution is 7.21.